The predicted molar refractivity (Wildman–Crippen MR) is 101 cm³/mol. The lowest BCUT2D eigenvalue weighted by Gasteiger charge is -2.32. The quantitative estimate of drug-likeness (QED) is 0.315. The van der Waals surface area contributed by atoms with Crippen molar-refractivity contribution in [1.82, 2.24) is 0 Å². The zero-order valence-corrected chi connectivity index (χ0v) is 17.6. The van der Waals surface area contributed by atoms with E-state index >= 15 is 0 Å². The third-order valence-corrected chi connectivity index (χ3v) is 6.01. The molecule has 1 aliphatic rings. The van der Waals surface area contributed by atoms with Gasteiger partial charge in [-0.25, -0.2) is 9.18 Å². The molecule has 2 unspecified atom stereocenters. The van der Waals surface area contributed by atoms with Gasteiger partial charge in [-0.05, 0) is 17.4 Å². The molecule has 2 nitrogen and oxygen atoms in total. The van der Waals surface area contributed by atoms with Gasteiger partial charge in [0.05, 0.1) is 18.2 Å². The first-order chi connectivity index (χ1) is 15.0. The number of ether oxygens (including phenoxy) is 1. The number of rotatable bonds is 5. The smallest absolute Gasteiger partial charge is 0.435 e. The normalized spacial score (nSPS) is 19.9. The van der Waals surface area contributed by atoms with E-state index in [1.54, 1.807) is 6.92 Å². The summed E-state index contributed by atoms with van der Waals surface area (Å²) < 4.78 is 137. The van der Waals surface area contributed by atoms with Crippen molar-refractivity contribution in [3.8, 4) is 0 Å². The van der Waals surface area contributed by atoms with E-state index in [4.69, 9.17) is 0 Å². The van der Waals surface area contributed by atoms with Gasteiger partial charge in [-0.15, -0.1) is 0 Å². The van der Waals surface area contributed by atoms with Crippen molar-refractivity contribution < 1.29 is 53.4 Å². The highest BCUT2D eigenvalue weighted by Crippen LogP contribution is 2.54. The second-order valence-electron chi connectivity index (χ2n) is 6.87. The van der Waals surface area contributed by atoms with Gasteiger partial charge in [-0.1, -0.05) is 37.3 Å². The summed E-state index contributed by atoms with van der Waals surface area (Å²) in [4.78, 5) is 12.2. The number of carbonyl (C=O) groups excluding carboxylic acids is 1. The van der Waals surface area contributed by atoms with E-state index in [2.05, 4.69) is 4.74 Å². The van der Waals surface area contributed by atoms with E-state index in [0.717, 1.165) is 31.0 Å². The summed E-state index contributed by atoms with van der Waals surface area (Å²) in [7, 11) is 0.797. The second kappa shape index (κ2) is 9.22. The Kier molecular flexibility index (Phi) is 7.57. The number of carbonyl (C=O) groups is 1. The van der Waals surface area contributed by atoms with Crippen molar-refractivity contribution in [3.05, 3.63) is 58.7 Å². The molecular weight excluding hydrogens is 494 g/mol. The maximum Gasteiger partial charge on any atom is 0.435 e. The Hall–Kier alpha value is -2.18. The van der Waals surface area contributed by atoms with Crippen LogP contribution in [0.4, 0.5) is 43.9 Å². The van der Waals surface area contributed by atoms with Gasteiger partial charge < -0.3 is 4.74 Å². The lowest BCUT2D eigenvalue weighted by molar-refractivity contribution is -0.348. The summed E-state index contributed by atoms with van der Waals surface area (Å²) in [5, 5.41) is -0.966. The van der Waals surface area contributed by atoms with Crippen molar-refractivity contribution in [2.24, 2.45) is 0 Å². The van der Waals surface area contributed by atoms with Gasteiger partial charge in [0.2, 0.25) is 0 Å². The average molecular weight is 510 g/mol. The number of methoxy groups -OCH3 is 1. The van der Waals surface area contributed by atoms with Crippen molar-refractivity contribution in [2.75, 3.05) is 12.9 Å². The average Bonchev–Trinajstić information content (AvgIpc) is 2.70. The number of benzene rings is 1. The molecule has 13 heteroatoms. The van der Waals surface area contributed by atoms with Gasteiger partial charge >= 0.3 is 30.2 Å². The summed E-state index contributed by atoms with van der Waals surface area (Å²) in [5.74, 6) is -2.12. The van der Waals surface area contributed by atoms with Crippen LogP contribution in [-0.2, 0) is 10.4 Å². The Balaban J connectivity index is 2.70. The zero-order valence-electron chi connectivity index (χ0n) is 16.8. The maximum atomic E-state index is 14.5. The Morgan fingerprint density at radius 1 is 1.00 bits per heavy atom. The molecule has 0 fully saturated rings. The molecule has 2 rings (SSSR count). The lowest BCUT2D eigenvalue weighted by atomic mass is 9.83. The first-order valence-corrected chi connectivity index (χ1v) is 10.2. The fourth-order valence-electron chi connectivity index (χ4n) is 3.30. The fraction of sp³-hybridized carbons (Fsp3) is 0.450. The third-order valence-electron chi connectivity index (χ3n) is 4.86. The van der Waals surface area contributed by atoms with Crippen LogP contribution in [-0.4, -0.2) is 42.6 Å². The van der Waals surface area contributed by atoms with Crippen LogP contribution in [0.5, 0.6) is 0 Å². The molecular formula is C20H16F10O2S. The molecule has 0 heterocycles. The maximum absolute atomic E-state index is 14.5. The molecule has 0 spiro atoms. The van der Waals surface area contributed by atoms with Crippen LogP contribution in [0, 0.1) is 0 Å². The number of halogens is 10. The minimum Gasteiger partial charge on any atom is -0.465 e. The Labute approximate surface area is 185 Å². The van der Waals surface area contributed by atoms with Crippen LogP contribution in [0.3, 0.4) is 0 Å². The zero-order chi connectivity index (χ0) is 25.4. The molecule has 0 amide bonds. The number of esters is 1. The van der Waals surface area contributed by atoms with Crippen LogP contribution in [0.1, 0.15) is 34.3 Å². The molecule has 0 bridgehead atoms. The highest BCUT2D eigenvalue weighted by Gasteiger charge is 2.73. The van der Waals surface area contributed by atoms with E-state index in [0.29, 0.717) is 17.9 Å². The molecule has 33 heavy (non-hydrogen) atoms. The van der Waals surface area contributed by atoms with Crippen LogP contribution >= 0.6 is 11.8 Å². The molecule has 0 saturated carbocycles. The molecule has 1 aromatic rings. The highest BCUT2D eigenvalue weighted by molar-refractivity contribution is 8.00. The molecule has 1 aliphatic carbocycles. The third kappa shape index (κ3) is 5.17. The van der Waals surface area contributed by atoms with Gasteiger partial charge in [0.25, 0.3) is 0 Å². The summed E-state index contributed by atoms with van der Waals surface area (Å²) in [6, 6.07) is 0.956. The van der Waals surface area contributed by atoms with Crippen molar-refractivity contribution >= 4 is 17.7 Å². The second-order valence-corrected chi connectivity index (χ2v) is 8.33. The predicted octanol–water partition coefficient (Wildman–Crippen LogP) is 7.03. The molecule has 0 aliphatic heterocycles. The van der Waals surface area contributed by atoms with Gasteiger partial charge in [0.15, 0.2) is 0 Å². The van der Waals surface area contributed by atoms with Crippen LogP contribution in [0.2, 0.25) is 0 Å². The molecule has 184 valence electrons. The first kappa shape index (κ1) is 27.1. The fourth-order valence-corrected chi connectivity index (χ4v) is 4.38. The Bertz CT molecular complexity index is 930. The van der Waals surface area contributed by atoms with Crippen molar-refractivity contribution in [2.45, 2.75) is 42.3 Å². The molecule has 0 N–H and O–H groups in total. The summed E-state index contributed by atoms with van der Waals surface area (Å²) in [6.07, 6.45) is -14.9. The Morgan fingerprint density at radius 2 is 1.58 bits per heavy atom. The number of hydrogen-bond acceptors (Lipinski definition) is 3. The van der Waals surface area contributed by atoms with E-state index in [1.807, 2.05) is 0 Å². The number of allylic oxidation sites excluding steroid dienone is 3. The molecule has 0 saturated heterocycles. The topological polar surface area (TPSA) is 26.3 Å². The van der Waals surface area contributed by atoms with Crippen LogP contribution in [0.25, 0.3) is 0 Å². The summed E-state index contributed by atoms with van der Waals surface area (Å²) >= 11 is 1.01. The van der Waals surface area contributed by atoms with E-state index in [-0.39, 0.29) is 17.7 Å². The standard InChI is InChI=1S/C20H16F10O2S/c1-3-33-15-9-11(18(22,23)24)5-7-13(15)12-6-4-10(8-14(12)16(31)32-2)17(21,19(25,26)27)20(28,29)30/h4-9,13,15H,3H2,1-2H3. The molecule has 1 aromatic carbocycles. The minimum atomic E-state index is -6.41. The SMILES string of the molecule is CCSC1C=C(C(F)(F)F)C=CC1c1ccc(C(F)(C(F)(F)F)C(F)(F)F)cc1C(=O)OC. The van der Waals surface area contributed by atoms with Gasteiger partial charge in [-0.3, -0.25) is 0 Å². The van der Waals surface area contributed by atoms with E-state index in [1.165, 1.54) is 0 Å². The number of thioether (sulfide) groups is 1. The Morgan fingerprint density at radius 3 is 2.03 bits per heavy atom. The largest absolute Gasteiger partial charge is 0.465 e. The van der Waals surface area contributed by atoms with E-state index < -0.39 is 58.0 Å². The molecule has 0 radical (unpaired) electrons. The van der Waals surface area contributed by atoms with Crippen molar-refractivity contribution in [1.29, 1.82) is 0 Å². The highest BCUT2D eigenvalue weighted by atomic mass is 32.2. The minimum absolute atomic E-state index is 0.0760. The van der Waals surface area contributed by atoms with E-state index in [9.17, 15) is 48.7 Å². The number of alkyl halides is 10. The summed E-state index contributed by atoms with van der Waals surface area (Å²) in [5.41, 5.74) is -9.73. The van der Waals surface area contributed by atoms with Crippen LogP contribution < -0.4 is 0 Å². The van der Waals surface area contributed by atoms with Gasteiger partial charge in [0.1, 0.15) is 0 Å². The van der Waals surface area contributed by atoms with Gasteiger partial charge in [-0.2, -0.15) is 51.3 Å². The van der Waals surface area contributed by atoms with Crippen molar-refractivity contribution in [3.63, 3.8) is 0 Å². The first-order valence-electron chi connectivity index (χ1n) is 9.13. The molecule has 0 aromatic heterocycles. The monoisotopic (exact) mass is 510 g/mol. The molecule has 2 atom stereocenters. The lowest BCUT2D eigenvalue weighted by Crippen LogP contribution is -2.50. The van der Waals surface area contributed by atoms with Crippen LogP contribution in [0.15, 0.2) is 42.0 Å². The number of hydrogen-bond donors (Lipinski definition) is 0. The van der Waals surface area contributed by atoms with Gasteiger partial charge in [0, 0.05) is 16.7 Å². The summed E-state index contributed by atoms with van der Waals surface area (Å²) in [6.45, 7) is 1.62.